The lowest BCUT2D eigenvalue weighted by molar-refractivity contribution is 0.0952. The third-order valence-electron chi connectivity index (χ3n) is 2.76. The average Bonchev–Trinajstić information content (AvgIpc) is 2.44. The third-order valence-corrected chi connectivity index (χ3v) is 2.76. The average molecular weight is 304 g/mol. The molecule has 0 aliphatic rings. The number of phenols is 1. The van der Waals surface area contributed by atoms with E-state index < -0.39 is 23.0 Å². The fourth-order valence-electron chi connectivity index (χ4n) is 1.73. The summed E-state index contributed by atoms with van der Waals surface area (Å²) in [5.74, 6) is -1.58. The summed E-state index contributed by atoms with van der Waals surface area (Å²) in [6, 6.07) is 5.84. The lowest BCUT2D eigenvalue weighted by atomic mass is 10.2. The van der Waals surface area contributed by atoms with E-state index in [2.05, 4.69) is 10.5 Å². The number of aromatic amines is 2. The molecule has 2 aromatic rings. The Kier molecular flexibility index (Phi) is 4.07. The van der Waals surface area contributed by atoms with Gasteiger partial charge in [0, 0.05) is 0 Å². The van der Waals surface area contributed by atoms with Crippen LogP contribution in [0.25, 0.3) is 0 Å². The summed E-state index contributed by atoms with van der Waals surface area (Å²) in [6.45, 7) is 1.35. The summed E-state index contributed by atoms with van der Waals surface area (Å²) in [5, 5.41) is 22.8. The number of H-pyrrole nitrogens is 2. The molecule has 0 aliphatic heterocycles. The molecule has 0 radical (unpaired) electrons. The van der Waals surface area contributed by atoms with Gasteiger partial charge in [-0.15, -0.1) is 0 Å². The number of hydrogen-bond donors (Lipinski definition) is 5. The van der Waals surface area contributed by atoms with Crippen LogP contribution in [0, 0.1) is 0 Å². The van der Waals surface area contributed by atoms with Crippen LogP contribution in [0.2, 0.25) is 0 Å². The van der Waals surface area contributed by atoms with E-state index in [-0.39, 0.29) is 22.6 Å². The summed E-state index contributed by atoms with van der Waals surface area (Å²) in [4.78, 5) is 38.3. The Morgan fingerprint density at radius 1 is 1.18 bits per heavy atom. The van der Waals surface area contributed by atoms with Crippen molar-refractivity contribution in [2.24, 2.45) is 5.10 Å². The Bertz CT molecular complexity index is 865. The maximum absolute atomic E-state index is 11.8. The van der Waals surface area contributed by atoms with Gasteiger partial charge in [-0.25, -0.2) is 10.2 Å². The molecule has 1 aromatic heterocycles. The molecule has 22 heavy (non-hydrogen) atoms. The number of aromatic nitrogens is 2. The zero-order chi connectivity index (χ0) is 16.3. The van der Waals surface area contributed by atoms with Gasteiger partial charge in [0.2, 0.25) is 5.88 Å². The summed E-state index contributed by atoms with van der Waals surface area (Å²) in [5.41, 5.74) is 0.118. The molecular weight excluding hydrogens is 292 g/mol. The lowest BCUT2D eigenvalue weighted by Crippen LogP contribution is -2.28. The van der Waals surface area contributed by atoms with E-state index in [1.165, 1.54) is 19.1 Å². The maximum atomic E-state index is 11.8. The molecule has 0 saturated carbocycles. The van der Waals surface area contributed by atoms with Gasteiger partial charge in [-0.2, -0.15) is 5.10 Å². The van der Waals surface area contributed by atoms with Crippen molar-refractivity contribution >= 4 is 11.6 Å². The maximum Gasteiger partial charge on any atom is 0.328 e. The molecule has 114 valence electrons. The topological polar surface area (TPSA) is 148 Å². The van der Waals surface area contributed by atoms with Crippen LogP contribution in [0.4, 0.5) is 0 Å². The molecule has 0 spiro atoms. The molecule has 1 heterocycles. The first-order chi connectivity index (χ1) is 10.4. The molecule has 9 heteroatoms. The predicted octanol–water partition coefficient (Wildman–Crippen LogP) is -0.372. The van der Waals surface area contributed by atoms with Crippen LogP contribution in [-0.2, 0) is 0 Å². The van der Waals surface area contributed by atoms with Crippen molar-refractivity contribution in [2.45, 2.75) is 6.92 Å². The highest BCUT2D eigenvalue weighted by Gasteiger charge is 2.13. The molecule has 1 aromatic carbocycles. The number of hydrogen-bond acceptors (Lipinski definition) is 6. The first-order valence-corrected chi connectivity index (χ1v) is 6.08. The number of carbonyl (C=O) groups is 1. The van der Waals surface area contributed by atoms with Gasteiger partial charge in [0.25, 0.3) is 11.5 Å². The summed E-state index contributed by atoms with van der Waals surface area (Å²) >= 11 is 0. The molecule has 5 N–H and O–H groups in total. The van der Waals surface area contributed by atoms with Gasteiger partial charge in [0.1, 0.15) is 11.3 Å². The zero-order valence-corrected chi connectivity index (χ0v) is 11.4. The smallest absolute Gasteiger partial charge is 0.328 e. The standard InChI is InChI=1S/C13H12N4O5/c1-6(9-11(20)14-13(22)15-12(9)21)16-17-10(19)7-4-2-3-5-8(7)18/h2-5,18H,1H3,(H,17,19)(H3,14,15,20,21,22). The zero-order valence-electron chi connectivity index (χ0n) is 11.4. The number of rotatable bonds is 3. The summed E-state index contributed by atoms with van der Waals surface area (Å²) < 4.78 is 0. The number of phenolic OH excluding ortho intramolecular Hbond substituents is 1. The van der Waals surface area contributed by atoms with Crippen molar-refractivity contribution in [3.05, 3.63) is 56.2 Å². The second kappa shape index (κ2) is 5.95. The minimum absolute atomic E-state index is 0.00125. The molecule has 0 fully saturated rings. The Balaban J connectivity index is 2.28. The van der Waals surface area contributed by atoms with Crippen molar-refractivity contribution in [3.63, 3.8) is 0 Å². The second-order valence-electron chi connectivity index (χ2n) is 4.29. The van der Waals surface area contributed by atoms with Crippen molar-refractivity contribution in [1.82, 2.24) is 15.4 Å². The van der Waals surface area contributed by atoms with Gasteiger partial charge in [-0.3, -0.25) is 19.6 Å². The van der Waals surface area contributed by atoms with Gasteiger partial charge < -0.3 is 10.2 Å². The molecule has 2 rings (SSSR count). The van der Waals surface area contributed by atoms with Gasteiger partial charge in [-0.1, -0.05) is 12.1 Å². The predicted molar refractivity (Wildman–Crippen MR) is 77.1 cm³/mol. The number of aromatic hydroxyl groups is 2. The Morgan fingerprint density at radius 3 is 2.50 bits per heavy atom. The van der Waals surface area contributed by atoms with Gasteiger partial charge >= 0.3 is 5.69 Å². The van der Waals surface area contributed by atoms with E-state index in [1.54, 1.807) is 12.1 Å². The Hall–Kier alpha value is -3.36. The van der Waals surface area contributed by atoms with Gasteiger partial charge in [0.15, 0.2) is 0 Å². The highest BCUT2D eigenvalue weighted by atomic mass is 16.3. The first kappa shape index (κ1) is 15.0. The van der Waals surface area contributed by atoms with E-state index in [4.69, 9.17) is 0 Å². The lowest BCUT2D eigenvalue weighted by Gasteiger charge is -2.05. The van der Waals surface area contributed by atoms with Crippen molar-refractivity contribution in [1.29, 1.82) is 0 Å². The fourth-order valence-corrected chi connectivity index (χ4v) is 1.73. The van der Waals surface area contributed by atoms with Crippen LogP contribution in [0.5, 0.6) is 11.6 Å². The quantitative estimate of drug-likeness (QED) is 0.387. The largest absolute Gasteiger partial charge is 0.507 e. The van der Waals surface area contributed by atoms with Crippen LogP contribution < -0.4 is 16.7 Å². The molecule has 0 atom stereocenters. The van der Waals surface area contributed by atoms with E-state index in [1.807, 2.05) is 9.97 Å². The molecule has 1 amide bonds. The van der Waals surface area contributed by atoms with E-state index in [0.29, 0.717) is 0 Å². The number of carbonyl (C=O) groups excluding carboxylic acids is 1. The Labute approximate surface area is 123 Å². The number of benzene rings is 1. The van der Waals surface area contributed by atoms with E-state index in [9.17, 15) is 24.6 Å². The molecule has 0 saturated heterocycles. The monoisotopic (exact) mass is 304 g/mol. The highest BCUT2D eigenvalue weighted by molar-refractivity contribution is 6.02. The van der Waals surface area contributed by atoms with Crippen LogP contribution >= 0.6 is 0 Å². The molecule has 0 unspecified atom stereocenters. The molecule has 9 nitrogen and oxygen atoms in total. The van der Waals surface area contributed by atoms with Gasteiger partial charge in [-0.05, 0) is 19.1 Å². The van der Waals surface area contributed by atoms with Crippen molar-refractivity contribution in [3.8, 4) is 11.6 Å². The van der Waals surface area contributed by atoms with Crippen LogP contribution in [0.15, 0.2) is 39.0 Å². The van der Waals surface area contributed by atoms with Crippen LogP contribution in [0.3, 0.4) is 0 Å². The SMILES string of the molecule is CC(=NNC(=O)c1ccccc1O)c1c(O)[nH]c(=O)[nH]c1=O. The van der Waals surface area contributed by atoms with Crippen LogP contribution in [0.1, 0.15) is 22.8 Å². The molecular formula is C13H12N4O5. The molecule has 0 bridgehead atoms. The minimum atomic E-state index is -0.864. The number of amides is 1. The normalized spacial score (nSPS) is 11.2. The number of para-hydroxylation sites is 1. The third kappa shape index (κ3) is 3.03. The Morgan fingerprint density at radius 2 is 1.86 bits per heavy atom. The second-order valence-corrected chi connectivity index (χ2v) is 4.29. The number of nitrogens with one attached hydrogen (secondary N) is 3. The van der Waals surface area contributed by atoms with Crippen molar-refractivity contribution < 1.29 is 15.0 Å². The van der Waals surface area contributed by atoms with Crippen molar-refractivity contribution in [2.75, 3.05) is 0 Å². The molecule has 0 aliphatic carbocycles. The number of nitrogens with zero attached hydrogens (tertiary/aromatic N) is 1. The minimum Gasteiger partial charge on any atom is -0.507 e. The van der Waals surface area contributed by atoms with E-state index in [0.717, 1.165) is 0 Å². The first-order valence-electron chi connectivity index (χ1n) is 6.08. The summed E-state index contributed by atoms with van der Waals surface area (Å²) in [6.07, 6.45) is 0. The highest BCUT2D eigenvalue weighted by Crippen LogP contribution is 2.15. The summed E-state index contributed by atoms with van der Waals surface area (Å²) in [7, 11) is 0. The fraction of sp³-hybridized carbons (Fsp3) is 0.0769. The van der Waals surface area contributed by atoms with Crippen LogP contribution in [-0.4, -0.2) is 31.8 Å². The van der Waals surface area contributed by atoms with E-state index >= 15 is 0 Å². The number of hydrazone groups is 1. The van der Waals surface area contributed by atoms with Gasteiger partial charge in [0.05, 0.1) is 11.3 Å².